The monoisotopic (exact) mass is 231 g/mol. The molecule has 0 atom stereocenters. The predicted octanol–water partition coefficient (Wildman–Crippen LogP) is 1.96. The van der Waals surface area contributed by atoms with Crippen LogP contribution in [0, 0.1) is 11.8 Å². The van der Waals surface area contributed by atoms with E-state index in [1.54, 1.807) is 0 Å². The third-order valence-electron chi connectivity index (χ3n) is 2.00. The van der Waals surface area contributed by atoms with Crippen LogP contribution in [0.4, 0.5) is 0 Å². The van der Waals surface area contributed by atoms with Crippen LogP contribution in [0.25, 0.3) is 0 Å². The van der Waals surface area contributed by atoms with Crippen LogP contribution in [0.15, 0.2) is 24.3 Å². The molecule has 1 N–H and O–H groups in total. The van der Waals surface area contributed by atoms with Crippen molar-refractivity contribution in [3.05, 3.63) is 29.8 Å². The highest BCUT2D eigenvalue weighted by atomic mass is 16.5. The first-order valence-electron chi connectivity index (χ1n) is 5.68. The highest BCUT2D eigenvalue weighted by Gasteiger charge is 1.92. The van der Waals surface area contributed by atoms with Gasteiger partial charge in [-0.3, -0.25) is 4.79 Å². The Bertz CT molecular complexity index is 429. The summed E-state index contributed by atoms with van der Waals surface area (Å²) in [5, 5.41) is 2.70. The van der Waals surface area contributed by atoms with Gasteiger partial charge in [-0.1, -0.05) is 17.9 Å². The van der Waals surface area contributed by atoms with Crippen molar-refractivity contribution in [2.45, 2.75) is 20.3 Å². The van der Waals surface area contributed by atoms with Gasteiger partial charge in [0, 0.05) is 25.5 Å². The molecule has 0 radical (unpaired) electrons. The number of nitrogens with one attached hydrogen (secondary N) is 1. The van der Waals surface area contributed by atoms with E-state index >= 15 is 0 Å². The van der Waals surface area contributed by atoms with Crippen LogP contribution in [0.5, 0.6) is 5.75 Å². The minimum atomic E-state index is -0.0230. The molecule has 0 unspecified atom stereocenters. The maximum absolute atomic E-state index is 10.6. The van der Waals surface area contributed by atoms with Gasteiger partial charge in [0.1, 0.15) is 5.75 Å². The van der Waals surface area contributed by atoms with Crippen molar-refractivity contribution in [2.24, 2.45) is 0 Å². The first-order valence-corrected chi connectivity index (χ1v) is 5.68. The van der Waals surface area contributed by atoms with E-state index in [1.165, 1.54) is 6.92 Å². The number of amides is 1. The van der Waals surface area contributed by atoms with Crippen LogP contribution in [0.1, 0.15) is 25.8 Å². The molecule has 3 heteroatoms. The lowest BCUT2D eigenvalue weighted by molar-refractivity contribution is -0.118. The van der Waals surface area contributed by atoms with E-state index < -0.39 is 0 Å². The van der Waals surface area contributed by atoms with Gasteiger partial charge in [-0.15, -0.1) is 0 Å². The lowest BCUT2D eigenvalue weighted by Crippen LogP contribution is -2.20. The fourth-order valence-corrected chi connectivity index (χ4v) is 1.30. The van der Waals surface area contributed by atoms with E-state index in [0.29, 0.717) is 19.6 Å². The van der Waals surface area contributed by atoms with Crippen molar-refractivity contribution < 1.29 is 9.53 Å². The van der Waals surface area contributed by atoms with Crippen molar-refractivity contribution in [1.29, 1.82) is 0 Å². The summed E-state index contributed by atoms with van der Waals surface area (Å²) in [4.78, 5) is 10.6. The number of ether oxygens (including phenoxy) is 1. The molecule has 0 aromatic heterocycles. The van der Waals surface area contributed by atoms with Crippen molar-refractivity contribution in [3.8, 4) is 17.6 Å². The van der Waals surface area contributed by atoms with Gasteiger partial charge >= 0.3 is 0 Å². The van der Waals surface area contributed by atoms with E-state index in [1.807, 2.05) is 31.2 Å². The average molecular weight is 231 g/mol. The van der Waals surface area contributed by atoms with Gasteiger partial charge in [0.2, 0.25) is 5.91 Å². The zero-order valence-electron chi connectivity index (χ0n) is 10.2. The third-order valence-corrected chi connectivity index (χ3v) is 2.00. The Morgan fingerprint density at radius 2 is 2.29 bits per heavy atom. The molecule has 1 aromatic rings. The molecule has 0 fully saturated rings. The van der Waals surface area contributed by atoms with Gasteiger partial charge in [0.15, 0.2) is 0 Å². The minimum absolute atomic E-state index is 0.0230. The summed E-state index contributed by atoms with van der Waals surface area (Å²) in [6.07, 6.45) is 0.651. The zero-order valence-corrected chi connectivity index (χ0v) is 10.2. The summed E-state index contributed by atoms with van der Waals surface area (Å²) in [5.41, 5.74) is 0.929. The largest absolute Gasteiger partial charge is 0.494 e. The Kier molecular flexibility index (Phi) is 5.67. The fraction of sp³-hybridized carbons (Fsp3) is 0.357. The summed E-state index contributed by atoms with van der Waals surface area (Å²) in [5.74, 6) is 6.85. The smallest absolute Gasteiger partial charge is 0.216 e. The predicted molar refractivity (Wildman–Crippen MR) is 67.8 cm³/mol. The number of carbonyl (C=O) groups excluding carboxylic acids is 1. The number of carbonyl (C=O) groups is 1. The molecule has 0 aliphatic heterocycles. The SMILES string of the molecule is CCOc1cccc(C#CCCNC(C)=O)c1. The molecule has 0 aliphatic rings. The Hall–Kier alpha value is -1.95. The molecule has 1 aromatic carbocycles. The van der Waals surface area contributed by atoms with E-state index in [0.717, 1.165) is 11.3 Å². The van der Waals surface area contributed by atoms with Crippen LogP contribution in [0.2, 0.25) is 0 Å². The average Bonchev–Trinajstić information content (AvgIpc) is 2.29. The Labute approximate surface area is 102 Å². The van der Waals surface area contributed by atoms with Crippen LogP contribution < -0.4 is 10.1 Å². The van der Waals surface area contributed by atoms with E-state index in [2.05, 4.69) is 17.2 Å². The molecule has 0 aliphatic carbocycles. The van der Waals surface area contributed by atoms with Gasteiger partial charge in [0.05, 0.1) is 6.61 Å². The molecular weight excluding hydrogens is 214 g/mol. The van der Waals surface area contributed by atoms with Crippen LogP contribution >= 0.6 is 0 Å². The van der Waals surface area contributed by atoms with Gasteiger partial charge in [-0.25, -0.2) is 0 Å². The maximum atomic E-state index is 10.6. The normalized spacial score (nSPS) is 9.06. The Morgan fingerprint density at radius 3 is 3.00 bits per heavy atom. The second-order valence-electron chi connectivity index (χ2n) is 3.50. The standard InChI is InChI=1S/C14H17NO2/c1-3-17-14-9-6-8-13(11-14)7-4-5-10-15-12(2)16/h6,8-9,11H,3,5,10H2,1-2H3,(H,15,16). The first kappa shape index (κ1) is 13.1. The van der Waals surface area contributed by atoms with Crippen molar-refractivity contribution in [2.75, 3.05) is 13.2 Å². The second kappa shape index (κ2) is 7.34. The first-order chi connectivity index (χ1) is 8.22. The van der Waals surface area contributed by atoms with Gasteiger partial charge in [-0.2, -0.15) is 0 Å². The molecular formula is C14H17NO2. The van der Waals surface area contributed by atoms with Crippen LogP contribution in [-0.2, 0) is 4.79 Å². The summed E-state index contributed by atoms with van der Waals surface area (Å²) >= 11 is 0. The Morgan fingerprint density at radius 1 is 1.47 bits per heavy atom. The summed E-state index contributed by atoms with van der Waals surface area (Å²) in [6.45, 7) is 4.69. The van der Waals surface area contributed by atoms with Crippen molar-refractivity contribution >= 4 is 5.91 Å². The van der Waals surface area contributed by atoms with E-state index in [9.17, 15) is 4.79 Å². The summed E-state index contributed by atoms with van der Waals surface area (Å²) < 4.78 is 5.38. The lowest BCUT2D eigenvalue weighted by atomic mass is 10.2. The second-order valence-corrected chi connectivity index (χ2v) is 3.50. The van der Waals surface area contributed by atoms with Gasteiger partial charge < -0.3 is 10.1 Å². The van der Waals surface area contributed by atoms with Crippen LogP contribution in [0.3, 0.4) is 0 Å². The van der Waals surface area contributed by atoms with Crippen LogP contribution in [-0.4, -0.2) is 19.1 Å². The Balaban J connectivity index is 2.47. The van der Waals surface area contributed by atoms with Gasteiger partial charge in [-0.05, 0) is 25.1 Å². The third kappa shape index (κ3) is 5.62. The number of benzene rings is 1. The highest BCUT2D eigenvalue weighted by Crippen LogP contribution is 2.12. The number of rotatable bonds is 4. The molecule has 0 saturated carbocycles. The molecule has 17 heavy (non-hydrogen) atoms. The summed E-state index contributed by atoms with van der Waals surface area (Å²) in [7, 11) is 0. The molecule has 3 nitrogen and oxygen atoms in total. The minimum Gasteiger partial charge on any atom is -0.494 e. The molecule has 0 heterocycles. The van der Waals surface area contributed by atoms with Crippen molar-refractivity contribution in [1.82, 2.24) is 5.32 Å². The van der Waals surface area contributed by atoms with E-state index in [4.69, 9.17) is 4.74 Å². The topological polar surface area (TPSA) is 38.3 Å². The molecule has 0 bridgehead atoms. The number of hydrogen-bond acceptors (Lipinski definition) is 2. The molecule has 0 saturated heterocycles. The quantitative estimate of drug-likeness (QED) is 0.635. The van der Waals surface area contributed by atoms with E-state index in [-0.39, 0.29) is 5.91 Å². The lowest BCUT2D eigenvalue weighted by Gasteiger charge is -2.01. The molecule has 1 rings (SSSR count). The fourth-order valence-electron chi connectivity index (χ4n) is 1.30. The maximum Gasteiger partial charge on any atom is 0.216 e. The van der Waals surface area contributed by atoms with Gasteiger partial charge in [0.25, 0.3) is 0 Å². The molecule has 1 amide bonds. The number of hydrogen-bond donors (Lipinski definition) is 1. The molecule has 0 spiro atoms. The summed E-state index contributed by atoms with van der Waals surface area (Å²) in [6, 6.07) is 7.68. The molecule has 90 valence electrons. The van der Waals surface area contributed by atoms with Crippen molar-refractivity contribution in [3.63, 3.8) is 0 Å². The highest BCUT2D eigenvalue weighted by molar-refractivity contribution is 5.72. The zero-order chi connectivity index (χ0) is 12.5.